The number of thioether (sulfide) groups is 1. The van der Waals surface area contributed by atoms with Crippen LogP contribution in [-0.2, 0) is 0 Å². The van der Waals surface area contributed by atoms with Gasteiger partial charge >= 0.3 is 0 Å². The predicted molar refractivity (Wildman–Crippen MR) is 68.9 cm³/mol. The molecule has 0 saturated carbocycles. The van der Waals surface area contributed by atoms with Crippen molar-refractivity contribution in [3.8, 4) is 0 Å². The third-order valence-corrected chi connectivity index (χ3v) is 4.80. The lowest BCUT2D eigenvalue weighted by atomic mass is 10.3. The zero-order chi connectivity index (χ0) is 10.8. The van der Waals surface area contributed by atoms with Crippen LogP contribution >= 0.6 is 39.3 Å². The quantitative estimate of drug-likeness (QED) is 0.746. The molecule has 0 spiro atoms. The van der Waals surface area contributed by atoms with Crippen LogP contribution in [0.5, 0.6) is 0 Å². The van der Waals surface area contributed by atoms with Crippen LogP contribution in [0.2, 0.25) is 5.15 Å². The Hall–Kier alpha value is -0.0000000000000000555. The first-order valence-corrected chi connectivity index (χ1v) is 7.03. The minimum Gasteiger partial charge on any atom is -0.351 e. The van der Waals surface area contributed by atoms with Gasteiger partial charge in [0.1, 0.15) is 17.3 Å². The van der Waals surface area contributed by atoms with E-state index in [1.54, 1.807) is 0 Å². The van der Waals surface area contributed by atoms with Crippen LogP contribution in [0.15, 0.2) is 10.8 Å². The predicted octanol–water partition coefficient (Wildman–Crippen LogP) is 2.83. The van der Waals surface area contributed by atoms with Gasteiger partial charge in [0.05, 0.1) is 4.47 Å². The van der Waals surface area contributed by atoms with Crippen molar-refractivity contribution in [2.24, 2.45) is 0 Å². The molecule has 2 rings (SSSR count). The highest BCUT2D eigenvalue weighted by Crippen LogP contribution is 2.32. The van der Waals surface area contributed by atoms with E-state index < -0.39 is 0 Å². The van der Waals surface area contributed by atoms with Gasteiger partial charge in [-0.15, -0.1) is 0 Å². The Labute approximate surface area is 107 Å². The molecule has 6 heteroatoms. The maximum absolute atomic E-state index is 5.95. The Bertz CT molecular complexity index is 363. The molecule has 1 aromatic rings. The molecule has 3 nitrogen and oxygen atoms in total. The lowest BCUT2D eigenvalue weighted by Gasteiger charge is -2.34. The van der Waals surface area contributed by atoms with Crippen molar-refractivity contribution in [2.75, 3.05) is 23.0 Å². The van der Waals surface area contributed by atoms with Gasteiger partial charge in [0, 0.05) is 24.1 Å². The minimum atomic E-state index is 0.477. The third kappa shape index (κ3) is 2.40. The number of rotatable bonds is 1. The first-order valence-electron chi connectivity index (χ1n) is 4.70. The van der Waals surface area contributed by atoms with Crippen LogP contribution in [0.4, 0.5) is 5.82 Å². The summed E-state index contributed by atoms with van der Waals surface area (Å²) >= 11 is 11.4. The number of hydrogen-bond acceptors (Lipinski definition) is 4. The molecule has 2 heterocycles. The molecule has 1 aromatic heterocycles. The first-order chi connectivity index (χ1) is 7.20. The summed E-state index contributed by atoms with van der Waals surface area (Å²) in [6.07, 6.45) is 1.51. The molecule has 0 amide bonds. The van der Waals surface area contributed by atoms with E-state index >= 15 is 0 Å². The van der Waals surface area contributed by atoms with Crippen LogP contribution in [-0.4, -0.2) is 34.1 Å². The van der Waals surface area contributed by atoms with Crippen LogP contribution in [0, 0.1) is 0 Å². The number of nitrogens with zero attached hydrogens (tertiary/aromatic N) is 3. The summed E-state index contributed by atoms with van der Waals surface area (Å²) in [6.45, 7) is 3.21. The smallest absolute Gasteiger partial charge is 0.148 e. The largest absolute Gasteiger partial charge is 0.351 e. The van der Waals surface area contributed by atoms with Gasteiger partial charge in [0.2, 0.25) is 0 Å². The Morgan fingerprint density at radius 2 is 2.40 bits per heavy atom. The van der Waals surface area contributed by atoms with Crippen LogP contribution in [0.1, 0.15) is 6.92 Å². The summed E-state index contributed by atoms with van der Waals surface area (Å²) in [5, 5.41) is 0.477. The van der Waals surface area contributed by atoms with Crippen molar-refractivity contribution >= 4 is 45.1 Å². The van der Waals surface area contributed by atoms with E-state index in [0.29, 0.717) is 11.2 Å². The molecule has 1 atom stereocenters. The van der Waals surface area contributed by atoms with Gasteiger partial charge < -0.3 is 4.90 Å². The fourth-order valence-corrected chi connectivity index (χ4v) is 3.16. The lowest BCUT2D eigenvalue weighted by molar-refractivity contribution is 0.686. The Morgan fingerprint density at radius 3 is 3.13 bits per heavy atom. The standard InChI is InChI=1S/C9H11BrClN3S/c1-6-4-15-3-2-14(6)9-7(10)8(11)12-5-13-9/h5-6H,2-4H2,1H3. The normalized spacial score (nSPS) is 21.8. The Morgan fingerprint density at radius 1 is 1.60 bits per heavy atom. The summed E-state index contributed by atoms with van der Waals surface area (Å²) in [4.78, 5) is 10.5. The second-order valence-electron chi connectivity index (χ2n) is 3.42. The summed E-state index contributed by atoms with van der Waals surface area (Å²) in [7, 11) is 0. The second kappa shape index (κ2) is 4.89. The van der Waals surface area contributed by atoms with E-state index in [1.165, 1.54) is 6.33 Å². The molecule has 1 aliphatic rings. The van der Waals surface area contributed by atoms with Crippen molar-refractivity contribution in [2.45, 2.75) is 13.0 Å². The molecule has 0 aliphatic carbocycles. The number of hydrogen-bond donors (Lipinski definition) is 0. The maximum Gasteiger partial charge on any atom is 0.148 e. The van der Waals surface area contributed by atoms with Gasteiger partial charge in [-0.05, 0) is 22.9 Å². The third-order valence-electron chi connectivity index (χ3n) is 2.37. The number of anilines is 1. The van der Waals surface area contributed by atoms with Gasteiger partial charge in [-0.25, -0.2) is 9.97 Å². The van der Waals surface area contributed by atoms with Gasteiger partial charge in [-0.3, -0.25) is 0 Å². The maximum atomic E-state index is 5.95. The highest BCUT2D eigenvalue weighted by molar-refractivity contribution is 9.10. The average Bonchev–Trinajstić information content (AvgIpc) is 2.23. The van der Waals surface area contributed by atoms with Crippen LogP contribution < -0.4 is 4.90 Å². The highest BCUT2D eigenvalue weighted by atomic mass is 79.9. The molecule has 0 bridgehead atoms. The summed E-state index contributed by atoms with van der Waals surface area (Å²) < 4.78 is 0.797. The van der Waals surface area contributed by atoms with Crippen LogP contribution in [0.3, 0.4) is 0 Å². The molecule has 0 radical (unpaired) electrons. The van der Waals surface area contributed by atoms with E-state index in [0.717, 1.165) is 28.3 Å². The van der Waals surface area contributed by atoms with Crippen LogP contribution in [0.25, 0.3) is 0 Å². The van der Waals surface area contributed by atoms with Crippen molar-refractivity contribution < 1.29 is 0 Å². The van der Waals surface area contributed by atoms with Gasteiger partial charge in [-0.1, -0.05) is 11.6 Å². The average molecular weight is 309 g/mol. The van der Waals surface area contributed by atoms with Crippen molar-refractivity contribution in [3.05, 3.63) is 16.0 Å². The Balaban J connectivity index is 2.31. The number of halogens is 2. The molecule has 0 aromatic carbocycles. The molecule has 15 heavy (non-hydrogen) atoms. The summed E-state index contributed by atoms with van der Waals surface area (Å²) in [5.41, 5.74) is 0. The molecule has 82 valence electrons. The fraction of sp³-hybridized carbons (Fsp3) is 0.556. The van der Waals surface area contributed by atoms with Gasteiger partial charge in [0.25, 0.3) is 0 Å². The first kappa shape index (κ1) is 11.5. The molecule has 0 N–H and O–H groups in total. The van der Waals surface area contributed by atoms with E-state index in [1.807, 2.05) is 11.8 Å². The zero-order valence-electron chi connectivity index (χ0n) is 8.28. The summed E-state index contributed by atoms with van der Waals surface area (Å²) in [5.74, 6) is 3.18. The highest BCUT2D eigenvalue weighted by Gasteiger charge is 2.22. The molecule has 1 fully saturated rings. The monoisotopic (exact) mass is 307 g/mol. The topological polar surface area (TPSA) is 29.0 Å². The van der Waals surface area contributed by atoms with E-state index in [-0.39, 0.29) is 0 Å². The SMILES string of the molecule is CC1CSCCN1c1ncnc(Cl)c1Br. The Kier molecular flexibility index (Phi) is 3.74. The van der Waals surface area contributed by atoms with E-state index in [9.17, 15) is 0 Å². The molecule has 1 aliphatic heterocycles. The van der Waals surface area contributed by atoms with E-state index in [2.05, 4.69) is 37.7 Å². The molecular formula is C9H11BrClN3S. The molecule has 1 unspecified atom stereocenters. The zero-order valence-corrected chi connectivity index (χ0v) is 11.4. The lowest BCUT2D eigenvalue weighted by Crippen LogP contribution is -2.41. The molecule has 1 saturated heterocycles. The van der Waals surface area contributed by atoms with E-state index in [4.69, 9.17) is 11.6 Å². The van der Waals surface area contributed by atoms with Gasteiger partial charge in [-0.2, -0.15) is 11.8 Å². The van der Waals surface area contributed by atoms with Crippen molar-refractivity contribution in [1.82, 2.24) is 9.97 Å². The molecular weight excluding hydrogens is 298 g/mol. The van der Waals surface area contributed by atoms with Crippen molar-refractivity contribution in [3.63, 3.8) is 0 Å². The van der Waals surface area contributed by atoms with Gasteiger partial charge in [0.15, 0.2) is 0 Å². The fourth-order valence-electron chi connectivity index (χ4n) is 1.58. The minimum absolute atomic E-state index is 0.477. The second-order valence-corrected chi connectivity index (χ2v) is 5.72. The van der Waals surface area contributed by atoms with Crippen molar-refractivity contribution in [1.29, 1.82) is 0 Å². The number of aromatic nitrogens is 2. The summed E-state index contributed by atoms with van der Waals surface area (Å²) in [6, 6.07) is 0.492.